The Bertz CT molecular complexity index is 835. The van der Waals surface area contributed by atoms with Gasteiger partial charge in [0.2, 0.25) is 0 Å². The topological polar surface area (TPSA) is 59.1 Å². The summed E-state index contributed by atoms with van der Waals surface area (Å²) >= 11 is 5.91. The van der Waals surface area contributed by atoms with Gasteiger partial charge >= 0.3 is 0 Å². The van der Waals surface area contributed by atoms with E-state index in [4.69, 9.17) is 16.3 Å². The van der Waals surface area contributed by atoms with Gasteiger partial charge in [-0.05, 0) is 48.9 Å². The molecule has 3 rings (SSSR count). The van der Waals surface area contributed by atoms with Crippen molar-refractivity contribution in [2.75, 3.05) is 17.7 Å². The predicted molar refractivity (Wildman–Crippen MR) is 102 cm³/mol. The molecule has 1 heterocycles. The third-order valence-electron chi connectivity index (χ3n) is 3.59. The number of benzene rings is 2. The number of hydrogen-bond acceptors (Lipinski definition) is 5. The molecule has 2 aromatic carbocycles. The molecule has 0 aliphatic heterocycles. The van der Waals surface area contributed by atoms with Crippen molar-refractivity contribution < 1.29 is 4.74 Å². The number of anilines is 3. The van der Waals surface area contributed by atoms with Crippen molar-refractivity contribution in [3.63, 3.8) is 0 Å². The monoisotopic (exact) mass is 354 g/mol. The Morgan fingerprint density at radius 1 is 0.960 bits per heavy atom. The van der Waals surface area contributed by atoms with Crippen LogP contribution in [0.1, 0.15) is 11.4 Å². The van der Waals surface area contributed by atoms with Crippen LogP contribution < -0.4 is 15.4 Å². The molecule has 5 nitrogen and oxygen atoms in total. The van der Waals surface area contributed by atoms with E-state index in [0.717, 1.165) is 33.7 Å². The van der Waals surface area contributed by atoms with Crippen molar-refractivity contribution in [3.8, 4) is 5.75 Å². The molecule has 0 amide bonds. The quantitative estimate of drug-likeness (QED) is 0.665. The average molecular weight is 355 g/mol. The first-order valence-electron chi connectivity index (χ1n) is 7.87. The number of aromatic nitrogens is 2. The van der Waals surface area contributed by atoms with Crippen molar-refractivity contribution in [3.05, 3.63) is 71.0 Å². The zero-order chi connectivity index (χ0) is 17.6. The summed E-state index contributed by atoms with van der Waals surface area (Å²) < 4.78 is 5.17. The molecule has 0 spiro atoms. The first-order chi connectivity index (χ1) is 12.1. The molecule has 0 fully saturated rings. The van der Waals surface area contributed by atoms with E-state index in [1.165, 1.54) is 0 Å². The molecule has 128 valence electrons. The van der Waals surface area contributed by atoms with E-state index in [1.807, 2.05) is 61.5 Å². The van der Waals surface area contributed by atoms with Crippen molar-refractivity contribution >= 4 is 28.9 Å². The Morgan fingerprint density at radius 3 is 2.32 bits per heavy atom. The number of hydrogen-bond donors (Lipinski definition) is 2. The Hall–Kier alpha value is -2.79. The summed E-state index contributed by atoms with van der Waals surface area (Å²) in [5, 5.41) is 7.32. The SMILES string of the molecule is COc1ccc(Nc2cc(NCc3ccc(Cl)cc3)nc(C)n2)cc1. The largest absolute Gasteiger partial charge is 0.497 e. The maximum Gasteiger partial charge on any atom is 0.136 e. The van der Waals surface area contributed by atoms with Gasteiger partial charge in [0.15, 0.2) is 0 Å². The maximum atomic E-state index is 5.91. The van der Waals surface area contributed by atoms with Crippen molar-refractivity contribution in [2.24, 2.45) is 0 Å². The number of halogens is 1. The third-order valence-corrected chi connectivity index (χ3v) is 3.84. The highest BCUT2D eigenvalue weighted by atomic mass is 35.5. The summed E-state index contributed by atoms with van der Waals surface area (Å²) in [6.45, 7) is 2.53. The van der Waals surface area contributed by atoms with E-state index in [1.54, 1.807) is 7.11 Å². The summed E-state index contributed by atoms with van der Waals surface area (Å²) in [6, 6.07) is 17.3. The van der Waals surface area contributed by atoms with Crippen LogP contribution in [0.15, 0.2) is 54.6 Å². The summed E-state index contributed by atoms with van der Waals surface area (Å²) in [6.07, 6.45) is 0. The normalized spacial score (nSPS) is 10.4. The molecule has 0 saturated carbocycles. The molecular weight excluding hydrogens is 336 g/mol. The molecule has 0 atom stereocenters. The Morgan fingerprint density at radius 2 is 1.64 bits per heavy atom. The van der Waals surface area contributed by atoms with E-state index in [0.29, 0.717) is 12.4 Å². The van der Waals surface area contributed by atoms with Crippen LogP contribution in [0.5, 0.6) is 5.75 Å². The molecule has 0 bridgehead atoms. The second-order valence-corrected chi connectivity index (χ2v) is 5.96. The number of rotatable bonds is 6. The van der Waals surface area contributed by atoms with Crippen LogP contribution >= 0.6 is 11.6 Å². The number of methoxy groups -OCH3 is 1. The summed E-state index contributed by atoms with van der Waals surface area (Å²) in [5.74, 6) is 3.00. The summed E-state index contributed by atoms with van der Waals surface area (Å²) in [4.78, 5) is 8.85. The Kier molecular flexibility index (Phi) is 5.36. The fourth-order valence-electron chi connectivity index (χ4n) is 2.34. The molecule has 0 saturated heterocycles. The van der Waals surface area contributed by atoms with Gasteiger partial charge in [0, 0.05) is 23.3 Å². The van der Waals surface area contributed by atoms with E-state index in [2.05, 4.69) is 20.6 Å². The molecular formula is C19H19ClN4O. The van der Waals surface area contributed by atoms with Crippen LogP contribution in [0.2, 0.25) is 5.02 Å². The number of nitrogens with zero attached hydrogens (tertiary/aromatic N) is 2. The van der Waals surface area contributed by atoms with E-state index < -0.39 is 0 Å². The van der Waals surface area contributed by atoms with Gasteiger partial charge in [-0.25, -0.2) is 9.97 Å². The molecule has 0 unspecified atom stereocenters. The lowest BCUT2D eigenvalue weighted by molar-refractivity contribution is 0.415. The van der Waals surface area contributed by atoms with Crippen LogP contribution in [0.25, 0.3) is 0 Å². The van der Waals surface area contributed by atoms with Gasteiger partial charge in [0.05, 0.1) is 7.11 Å². The lowest BCUT2D eigenvalue weighted by Gasteiger charge is -2.11. The Balaban J connectivity index is 1.69. The second-order valence-electron chi connectivity index (χ2n) is 5.52. The Labute approximate surface area is 152 Å². The van der Waals surface area contributed by atoms with Crippen molar-refractivity contribution in [2.45, 2.75) is 13.5 Å². The van der Waals surface area contributed by atoms with Gasteiger partial charge in [-0.3, -0.25) is 0 Å². The average Bonchev–Trinajstić information content (AvgIpc) is 2.61. The number of ether oxygens (including phenoxy) is 1. The lowest BCUT2D eigenvalue weighted by Crippen LogP contribution is -2.05. The predicted octanol–water partition coefficient (Wildman–Crippen LogP) is 4.80. The highest BCUT2D eigenvalue weighted by Crippen LogP contribution is 2.20. The fraction of sp³-hybridized carbons (Fsp3) is 0.158. The van der Waals surface area contributed by atoms with Gasteiger partial charge in [0.25, 0.3) is 0 Å². The highest BCUT2D eigenvalue weighted by molar-refractivity contribution is 6.30. The van der Waals surface area contributed by atoms with Gasteiger partial charge in [-0.2, -0.15) is 0 Å². The lowest BCUT2D eigenvalue weighted by atomic mass is 10.2. The summed E-state index contributed by atoms with van der Waals surface area (Å²) in [5.41, 5.74) is 2.06. The maximum absolute atomic E-state index is 5.91. The molecule has 0 aliphatic carbocycles. The molecule has 3 aromatic rings. The molecule has 2 N–H and O–H groups in total. The molecule has 1 aromatic heterocycles. The van der Waals surface area contributed by atoms with E-state index in [9.17, 15) is 0 Å². The highest BCUT2D eigenvalue weighted by Gasteiger charge is 2.03. The van der Waals surface area contributed by atoms with Gasteiger partial charge in [0.1, 0.15) is 23.2 Å². The second kappa shape index (κ2) is 7.85. The zero-order valence-corrected chi connectivity index (χ0v) is 14.8. The minimum Gasteiger partial charge on any atom is -0.497 e. The molecule has 0 aliphatic rings. The smallest absolute Gasteiger partial charge is 0.136 e. The minimum absolute atomic E-state index is 0.662. The first kappa shape index (κ1) is 17.0. The fourth-order valence-corrected chi connectivity index (χ4v) is 2.47. The van der Waals surface area contributed by atoms with Crippen LogP contribution in [-0.2, 0) is 6.54 Å². The van der Waals surface area contributed by atoms with E-state index in [-0.39, 0.29) is 0 Å². The third kappa shape index (κ3) is 4.84. The molecule has 6 heteroatoms. The number of aryl methyl sites for hydroxylation is 1. The zero-order valence-electron chi connectivity index (χ0n) is 14.1. The van der Waals surface area contributed by atoms with Gasteiger partial charge in [-0.1, -0.05) is 23.7 Å². The van der Waals surface area contributed by atoms with Crippen LogP contribution in [0.3, 0.4) is 0 Å². The first-order valence-corrected chi connectivity index (χ1v) is 8.25. The minimum atomic E-state index is 0.662. The number of nitrogens with one attached hydrogen (secondary N) is 2. The van der Waals surface area contributed by atoms with Crippen LogP contribution in [0.4, 0.5) is 17.3 Å². The van der Waals surface area contributed by atoms with Gasteiger partial charge in [-0.15, -0.1) is 0 Å². The van der Waals surface area contributed by atoms with Gasteiger partial charge < -0.3 is 15.4 Å². The molecule has 25 heavy (non-hydrogen) atoms. The standard InChI is InChI=1S/C19H19ClN4O/c1-13-22-18(21-12-14-3-5-15(20)6-4-14)11-19(23-13)24-16-7-9-17(25-2)10-8-16/h3-11H,12H2,1-2H3,(H2,21,22,23,24). The van der Waals surface area contributed by atoms with E-state index >= 15 is 0 Å². The summed E-state index contributed by atoms with van der Waals surface area (Å²) in [7, 11) is 1.65. The van der Waals surface area contributed by atoms with Crippen LogP contribution in [0, 0.1) is 6.92 Å². The van der Waals surface area contributed by atoms with Crippen molar-refractivity contribution in [1.29, 1.82) is 0 Å². The van der Waals surface area contributed by atoms with Crippen molar-refractivity contribution in [1.82, 2.24) is 9.97 Å². The van der Waals surface area contributed by atoms with Crippen LogP contribution in [-0.4, -0.2) is 17.1 Å². The molecule has 0 radical (unpaired) electrons.